The van der Waals surface area contributed by atoms with Gasteiger partial charge >= 0.3 is 6.03 Å². The minimum absolute atomic E-state index is 0.0146. The Kier molecular flexibility index (Phi) is 4.73. The molecule has 0 N–H and O–H groups in total. The first-order chi connectivity index (χ1) is 14.5. The number of likely N-dealkylation sites (tertiary alicyclic amines) is 1. The van der Waals surface area contributed by atoms with Gasteiger partial charge in [-0.15, -0.1) is 0 Å². The molecule has 1 aromatic heterocycles. The van der Waals surface area contributed by atoms with Crippen molar-refractivity contribution in [1.82, 2.24) is 19.6 Å². The Morgan fingerprint density at radius 2 is 2.00 bits per heavy atom. The Morgan fingerprint density at radius 1 is 1.20 bits per heavy atom. The lowest BCUT2D eigenvalue weighted by Crippen LogP contribution is -2.55. The Labute approximate surface area is 179 Å². The van der Waals surface area contributed by atoms with E-state index in [4.69, 9.17) is 11.6 Å². The van der Waals surface area contributed by atoms with Gasteiger partial charge < -0.3 is 4.90 Å². The highest BCUT2D eigenvalue weighted by atomic mass is 35.5. The van der Waals surface area contributed by atoms with Crippen molar-refractivity contribution in [2.24, 2.45) is 4.99 Å². The quantitative estimate of drug-likeness (QED) is 0.757. The predicted octanol–water partition coefficient (Wildman–Crippen LogP) is 2.93. The summed E-state index contributed by atoms with van der Waals surface area (Å²) in [7, 11) is 0. The monoisotopic (exact) mass is 426 g/mol. The molecule has 0 saturated carbocycles. The van der Waals surface area contributed by atoms with Crippen LogP contribution in [0.5, 0.6) is 0 Å². The molecule has 0 aliphatic carbocycles. The molecule has 0 radical (unpaired) electrons. The van der Waals surface area contributed by atoms with Crippen LogP contribution in [0.1, 0.15) is 31.7 Å². The number of hydrogen-bond donors (Lipinski definition) is 0. The Balaban J connectivity index is 1.55. The number of amidine groups is 1. The third-order valence-corrected chi connectivity index (χ3v) is 6.28. The second kappa shape index (κ2) is 7.43. The van der Waals surface area contributed by atoms with Gasteiger partial charge in [-0.3, -0.25) is 19.6 Å². The van der Waals surface area contributed by atoms with Crippen LogP contribution >= 0.6 is 11.6 Å². The number of hydrogen-bond acceptors (Lipinski definition) is 4. The standard InChI is InChI=1S/C21H23ClN6O2/c1-14-4-2-3-10-25(14)18(29)13-27-20-17(19-23-9-11-26(19)21(27)30)12-24-28(20)16-7-5-15(22)6-8-16/h5-8,12,14H,2-4,9-11,13H2,1H3/t14-/m1/s1. The zero-order valence-electron chi connectivity index (χ0n) is 16.8. The molecule has 5 rings (SSSR count). The van der Waals surface area contributed by atoms with Gasteiger partial charge in [0.25, 0.3) is 0 Å². The van der Waals surface area contributed by atoms with Crippen LogP contribution < -0.4 is 4.90 Å². The van der Waals surface area contributed by atoms with Crippen molar-refractivity contribution in [2.75, 3.05) is 31.1 Å². The maximum Gasteiger partial charge on any atom is 0.331 e. The lowest BCUT2D eigenvalue weighted by molar-refractivity contribution is -0.132. The molecule has 0 unspecified atom stereocenters. The number of piperidine rings is 1. The Bertz CT molecular complexity index is 1030. The van der Waals surface area contributed by atoms with E-state index in [-0.39, 0.29) is 24.5 Å². The number of amides is 3. The largest absolute Gasteiger partial charge is 0.338 e. The van der Waals surface area contributed by atoms with Crippen molar-refractivity contribution >= 4 is 35.2 Å². The van der Waals surface area contributed by atoms with Crippen molar-refractivity contribution in [3.05, 3.63) is 41.0 Å². The fraction of sp³-hybridized carbons (Fsp3) is 0.429. The number of carbonyl (C=O) groups excluding carboxylic acids is 2. The summed E-state index contributed by atoms with van der Waals surface area (Å²) in [5.74, 6) is 1.17. The minimum atomic E-state index is -0.229. The summed E-state index contributed by atoms with van der Waals surface area (Å²) < 4.78 is 1.69. The average molecular weight is 427 g/mol. The molecule has 1 aromatic carbocycles. The molecule has 30 heavy (non-hydrogen) atoms. The van der Waals surface area contributed by atoms with Gasteiger partial charge in [0.15, 0.2) is 5.82 Å². The number of rotatable bonds is 3. The lowest BCUT2D eigenvalue weighted by atomic mass is 10.0. The van der Waals surface area contributed by atoms with Crippen LogP contribution in [-0.4, -0.2) is 69.6 Å². The van der Waals surface area contributed by atoms with E-state index >= 15 is 0 Å². The normalized spacial score (nSPS) is 20.9. The van der Waals surface area contributed by atoms with Crippen molar-refractivity contribution in [3.63, 3.8) is 0 Å². The highest BCUT2D eigenvalue weighted by Gasteiger charge is 2.42. The van der Waals surface area contributed by atoms with E-state index in [2.05, 4.69) is 17.0 Å². The smallest absolute Gasteiger partial charge is 0.331 e. The van der Waals surface area contributed by atoms with E-state index < -0.39 is 0 Å². The summed E-state index contributed by atoms with van der Waals surface area (Å²) >= 11 is 6.04. The van der Waals surface area contributed by atoms with Gasteiger partial charge in [0.2, 0.25) is 5.91 Å². The number of carbonyl (C=O) groups is 2. The second-order valence-electron chi connectivity index (χ2n) is 7.93. The lowest BCUT2D eigenvalue weighted by Gasteiger charge is -2.37. The number of aromatic nitrogens is 2. The summed E-state index contributed by atoms with van der Waals surface area (Å²) in [6, 6.07) is 7.20. The fourth-order valence-electron chi connectivity index (χ4n) is 4.47. The van der Waals surface area contributed by atoms with Gasteiger partial charge in [-0.05, 0) is 50.5 Å². The van der Waals surface area contributed by atoms with Crippen molar-refractivity contribution in [1.29, 1.82) is 0 Å². The number of fused-ring (bicyclic) bond motifs is 3. The van der Waals surface area contributed by atoms with E-state index in [0.29, 0.717) is 29.8 Å². The van der Waals surface area contributed by atoms with E-state index in [9.17, 15) is 9.59 Å². The Morgan fingerprint density at radius 3 is 2.77 bits per heavy atom. The molecule has 1 saturated heterocycles. The molecule has 9 heteroatoms. The molecule has 3 aliphatic rings. The van der Waals surface area contributed by atoms with Gasteiger partial charge in [0, 0.05) is 24.2 Å². The number of urea groups is 1. The Hall–Kier alpha value is -2.87. The highest BCUT2D eigenvalue weighted by molar-refractivity contribution is 6.30. The molecular weight excluding hydrogens is 404 g/mol. The number of benzene rings is 1. The first-order valence-corrected chi connectivity index (χ1v) is 10.7. The first-order valence-electron chi connectivity index (χ1n) is 10.3. The van der Waals surface area contributed by atoms with Crippen molar-refractivity contribution in [2.45, 2.75) is 32.2 Å². The van der Waals surface area contributed by atoms with Crippen LogP contribution in [0, 0.1) is 0 Å². The van der Waals surface area contributed by atoms with Gasteiger partial charge in [0.1, 0.15) is 12.4 Å². The summed E-state index contributed by atoms with van der Waals surface area (Å²) in [6.07, 6.45) is 4.85. The summed E-state index contributed by atoms with van der Waals surface area (Å²) in [6.45, 7) is 3.87. The van der Waals surface area contributed by atoms with Crippen molar-refractivity contribution < 1.29 is 9.59 Å². The third kappa shape index (κ3) is 3.06. The highest BCUT2D eigenvalue weighted by Crippen LogP contribution is 2.33. The first kappa shape index (κ1) is 19.1. The van der Waals surface area contributed by atoms with Crippen LogP contribution in [0.25, 0.3) is 5.69 Å². The molecule has 8 nitrogen and oxygen atoms in total. The second-order valence-corrected chi connectivity index (χ2v) is 8.36. The third-order valence-electron chi connectivity index (χ3n) is 6.03. The van der Waals surface area contributed by atoms with Gasteiger partial charge in [-0.25, -0.2) is 9.48 Å². The number of nitrogens with zero attached hydrogens (tertiary/aromatic N) is 6. The zero-order chi connectivity index (χ0) is 20.8. The molecule has 4 heterocycles. The van der Waals surface area contributed by atoms with E-state index in [1.165, 1.54) is 0 Å². The molecule has 2 aromatic rings. The molecule has 1 fully saturated rings. The topological polar surface area (TPSA) is 74.0 Å². The van der Waals surface area contributed by atoms with E-state index in [1.807, 2.05) is 17.0 Å². The average Bonchev–Trinajstić information content (AvgIpc) is 3.39. The van der Waals surface area contributed by atoms with Crippen LogP contribution in [0.2, 0.25) is 5.02 Å². The summed E-state index contributed by atoms with van der Waals surface area (Å²) in [4.78, 5) is 36.1. The SMILES string of the molecule is C[C@@H]1CCCCN1C(=O)CN1C(=O)N2CCN=C2c2cnn(-c3ccc(Cl)cc3)c21. The van der Waals surface area contributed by atoms with E-state index in [1.54, 1.807) is 32.8 Å². The van der Waals surface area contributed by atoms with E-state index in [0.717, 1.165) is 37.1 Å². The number of anilines is 1. The predicted molar refractivity (Wildman–Crippen MR) is 114 cm³/mol. The fourth-order valence-corrected chi connectivity index (χ4v) is 4.59. The van der Waals surface area contributed by atoms with Gasteiger partial charge in [-0.1, -0.05) is 11.6 Å². The van der Waals surface area contributed by atoms with Crippen LogP contribution in [-0.2, 0) is 4.79 Å². The molecule has 0 spiro atoms. The zero-order valence-corrected chi connectivity index (χ0v) is 17.5. The molecule has 3 amide bonds. The summed E-state index contributed by atoms with van der Waals surface area (Å²) in [5, 5.41) is 5.14. The van der Waals surface area contributed by atoms with Crippen molar-refractivity contribution in [3.8, 4) is 5.69 Å². The molecule has 3 aliphatic heterocycles. The number of aliphatic imine (C=N–C) groups is 1. The summed E-state index contributed by atoms with van der Waals surface area (Å²) in [5.41, 5.74) is 1.53. The molecule has 156 valence electrons. The maximum absolute atomic E-state index is 13.3. The van der Waals surface area contributed by atoms with Crippen LogP contribution in [0.4, 0.5) is 10.6 Å². The molecular formula is C21H23ClN6O2. The van der Waals surface area contributed by atoms with Crippen LogP contribution in [0.3, 0.4) is 0 Å². The van der Waals surface area contributed by atoms with Gasteiger partial charge in [0.05, 0.1) is 24.0 Å². The molecule has 1 atom stereocenters. The van der Waals surface area contributed by atoms with Crippen LogP contribution in [0.15, 0.2) is 35.5 Å². The number of halogens is 1. The molecule has 0 bridgehead atoms. The maximum atomic E-state index is 13.3. The van der Waals surface area contributed by atoms with Gasteiger partial charge in [-0.2, -0.15) is 5.10 Å². The minimum Gasteiger partial charge on any atom is -0.338 e.